The second-order valence-corrected chi connectivity index (χ2v) is 6.77. The fourth-order valence-corrected chi connectivity index (χ4v) is 3.66. The van der Waals surface area contributed by atoms with Gasteiger partial charge in [0.05, 0.1) is 0 Å². The van der Waals surface area contributed by atoms with Crippen LogP contribution < -0.4 is 0 Å². The molecule has 94 valence electrons. The van der Waals surface area contributed by atoms with Gasteiger partial charge in [0.1, 0.15) is 0 Å². The molecule has 19 heavy (non-hydrogen) atoms. The molecule has 0 aliphatic heterocycles. The van der Waals surface area contributed by atoms with Gasteiger partial charge in [-0.1, -0.05) is 0 Å². The molecule has 0 fully saturated rings. The Kier molecular flexibility index (Phi) is 3.52. The molecule has 1 aromatic heterocycles. The molecular weight excluding hydrogens is 323 g/mol. The van der Waals surface area contributed by atoms with E-state index in [1.165, 1.54) is 11.1 Å². The van der Waals surface area contributed by atoms with Crippen LogP contribution in [-0.4, -0.2) is 24.7 Å². The monoisotopic (exact) mass is 334 g/mol. The Morgan fingerprint density at radius 1 is 0.789 bits per heavy atom. The van der Waals surface area contributed by atoms with Gasteiger partial charge in [0, 0.05) is 0 Å². The van der Waals surface area contributed by atoms with Crippen molar-refractivity contribution in [3.63, 3.8) is 0 Å². The van der Waals surface area contributed by atoms with Crippen LogP contribution in [0.15, 0.2) is 48.5 Å². The van der Waals surface area contributed by atoms with Gasteiger partial charge >= 0.3 is 123 Å². The molecule has 0 aliphatic rings. The van der Waals surface area contributed by atoms with Crippen molar-refractivity contribution in [2.24, 2.45) is 0 Å². The van der Waals surface area contributed by atoms with Crippen LogP contribution in [0.5, 0.6) is 0 Å². The van der Waals surface area contributed by atoms with Crippen LogP contribution in [0.25, 0.3) is 20.3 Å². The topological polar surface area (TPSA) is 25.8 Å². The molecule has 0 saturated heterocycles. The van der Waals surface area contributed by atoms with E-state index in [0.717, 1.165) is 19.7 Å². The van der Waals surface area contributed by atoms with E-state index < -0.39 is 0 Å². The zero-order valence-corrected chi connectivity index (χ0v) is 12.8. The van der Waals surface area contributed by atoms with E-state index in [9.17, 15) is 0 Å². The molecule has 4 heteroatoms. The van der Waals surface area contributed by atoms with E-state index in [0.29, 0.717) is 0 Å². The van der Waals surface area contributed by atoms with Crippen molar-refractivity contribution >= 4 is 26.1 Å². The summed E-state index contributed by atoms with van der Waals surface area (Å²) in [6, 6.07) is 16.2. The number of hydrogen-bond donors (Lipinski definition) is 0. The van der Waals surface area contributed by atoms with Crippen molar-refractivity contribution in [2.45, 2.75) is 6.92 Å². The molecule has 0 N–H and O–H groups in total. The summed E-state index contributed by atoms with van der Waals surface area (Å²) in [5, 5.41) is 9.37. The van der Waals surface area contributed by atoms with E-state index >= 15 is 0 Å². The van der Waals surface area contributed by atoms with Crippen LogP contribution >= 0.6 is 11.6 Å². The Morgan fingerprint density at radius 2 is 1.26 bits per heavy atom. The zero-order chi connectivity index (χ0) is 13.2. The quantitative estimate of drug-likeness (QED) is 0.666. The van der Waals surface area contributed by atoms with E-state index in [1.807, 2.05) is 24.3 Å². The van der Waals surface area contributed by atoms with Gasteiger partial charge in [0.15, 0.2) is 0 Å². The maximum absolute atomic E-state index is 5.89. The Balaban J connectivity index is 1.95. The summed E-state index contributed by atoms with van der Waals surface area (Å²) in [6.45, 7) is 2.08. The number of rotatable bonds is 2. The summed E-state index contributed by atoms with van der Waals surface area (Å²) in [6.07, 6.45) is 0. The number of halogens is 1. The molecule has 0 unspecified atom stereocenters. The third kappa shape index (κ3) is 2.79. The van der Waals surface area contributed by atoms with Crippen molar-refractivity contribution in [1.82, 2.24) is 10.2 Å². The third-order valence-corrected chi connectivity index (χ3v) is 5.21. The molecule has 0 aliphatic carbocycles. The Labute approximate surface area is 122 Å². The number of aromatic nitrogens is 2. The summed E-state index contributed by atoms with van der Waals surface area (Å²) in [7, 11) is 0. The van der Waals surface area contributed by atoms with Crippen LogP contribution in [0.4, 0.5) is 0 Å². The fraction of sp³-hybridized carbons (Fsp3) is 0.0667. The predicted octanol–water partition coefficient (Wildman–Crippen LogP) is 3.83. The maximum atomic E-state index is 5.89. The van der Waals surface area contributed by atoms with Crippen molar-refractivity contribution in [2.75, 3.05) is 0 Å². The van der Waals surface area contributed by atoms with Crippen molar-refractivity contribution < 1.29 is 0 Å². The second kappa shape index (κ2) is 5.30. The van der Waals surface area contributed by atoms with Crippen LogP contribution in [0.2, 0.25) is 5.02 Å². The molecule has 2 aromatic carbocycles. The summed E-state index contributed by atoms with van der Waals surface area (Å²) in [5.74, 6) is 0. The van der Waals surface area contributed by atoms with Crippen molar-refractivity contribution in [1.29, 1.82) is 0 Å². The molecule has 3 aromatic rings. The van der Waals surface area contributed by atoms with E-state index in [-0.39, 0.29) is 14.5 Å². The molecule has 0 saturated carbocycles. The van der Waals surface area contributed by atoms with Gasteiger partial charge in [-0.05, 0) is 0 Å². The molecular formula is C15H11ClN2Se. The molecule has 0 amide bonds. The van der Waals surface area contributed by atoms with Gasteiger partial charge in [0.25, 0.3) is 0 Å². The molecule has 0 bridgehead atoms. The first-order chi connectivity index (χ1) is 9.22. The number of hydrogen-bond acceptors (Lipinski definition) is 2. The molecule has 1 heterocycles. The van der Waals surface area contributed by atoms with Crippen LogP contribution in [0.3, 0.4) is 0 Å². The van der Waals surface area contributed by atoms with Gasteiger partial charge < -0.3 is 0 Å². The predicted molar refractivity (Wildman–Crippen MR) is 79.6 cm³/mol. The van der Waals surface area contributed by atoms with E-state index in [4.69, 9.17) is 11.6 Å². The number of benzene rings is 2. The Bertz CT molecular complexity index is 627. The standard InChI is InChI=1S/C15H11ClN2Se/c1-10-2-4-11(5-3-10)14-17-18-15(19-14)12-6-8-13(16)9-7-12/h2-9H,1H3. The van der Waals surface area contributed by atoms with E-state index in [2.05, 4.69) is 41.4 Å². The molecule has 0 spiro atoms. The Hall–Kier alpha value is -1.41. The minimum atomic E-state index is 0.156. The minimum absolute atomic E-state index is 0.156. The third-order valence-electron chi connectivity index (χ3n) is 2.81. The van der Waals surface area contributed by atoms with Crippen molar-refractivity contribution in [3.8, 4) is 20.3 Å². The number of aryl methyl sites for hydroxylation is 1. The molecule has 0 radical (unpaired) electrons. The summed E-state index contributed by atoms with van der Waals surface area (Å²) < 4.78 is 2.14. The van der Waals surface area contributed by atoms with Crippen LogP contribution in [-0.2, 0) is 0 Å². The van der Waals surface area contributed by atoms with Gasteiger partial charge in [0.2, 0.25) is 0 Å². The average molecular weight is 334 g/mol. The van der Waals surface area contributed by atoms with Crippen LogP contribution in [0.1, 0.15) is 5.56 Å². The van der Waals surface area contributed by atoms with Crippen molar-refractivity contribution in [3.05, 3.63) is 59.1 Å². The van der Waals surface area contributed by atoms with Gasteiger partial charge in [-0.3, -0.25) is 0 Å². The number of nitrogens with zero attached hydrogens (tertiary/aromatic N) is 2. The van der Waals surface area contributed by atoms with Gasteiger partial charge in [-0.15, -0.1) is 0 Å². The first-order valence-electron chi connectivity index (χ1n) is 5.89. The summed E-state index contributed by atoms with van der Waals surface area (Å²) in [4.78, 5) is 0. The average Bonchev–Trinajstić information content (AvgIpc) is 2.90. The van der Waals surface area contributed by atoms with Gasteiger partial charge in [-0.25, -0.2) is 0 Å². The molecule has 2 nitrogen and oxygen atoms in total. The first kappa shape index (κ1) is 12.6. The summed E-state index contributed by atoms with van der Waals surface area (Å²) >= 11 is 6.05. The zero-order valence-electron chi connectivity index (χ0n) is 10.3. The van der Waals surface area contributed by atoms with Crippen LogP contribution in [0, 0.1) is 6.92 Å². The SMILES string of the molecule is Cc1ccc(-c2nnc(-c3ccc(Cl)cc3)[se]2)cc1. The molecule has 3 rings (SSSR count). The molecule has 0 atom stereocenters. The van der Waals surface area contributed by atoms with E-state index in [1.54, 1.807) is 0 Å². The first-order valence-corrected chi connectivity index (χ1v) is 7.98. The van der Waals surface area contributed by atoms with Gasteiger partial charge in [-0.2, -0.15) is 0 Å². The second-order valence-electron chi connectivity index (χ2n) is 4.29. The summed E-state index contributed by atoms with van der Waals surface area (Å²) in [5.41, 5.74) is 3.53. The normalized spacial score (nSPS) is 10.6. The Morgan fingerprint density at radius 3 is 1.79 bits per heavy atom. The fourth-order valence-electron chi connectivity index (χ4n) is 1.75.